The Morgan fingerprint density at radius 3 is 0.778 bits per heavy atom. The molecule has 0 unspecified atom stereocenters. The maximum absolute atomic E-state index is 18.1. The van der Waals surface area contributed by atoms with E-state index in [0.717, 1.165) is 187 Å². The molecule has 0 saturated carbocycles. The lowest BCUT2D eigenvalue weighted by Crippen LogP contribution is -2.06. The van der Waals surface area contributed by atoms with Gasteiger partial charge in [-0.15, -0.1) is 0 Å². The zero-order chi connectivity index (χ0) is 85.4. The molecule has 0 aliphatic carbocycles. The Labute approximate surface area is 725 Å². The van der Waals surface area contributed by atoms with Crippen LogP contribution in [0, 0.1) is 80.5 Å². The number of hydrogen-bond acceptors (Lipinski definition) is 2. The van der Waals surface area contributed by atoms with Gasteiger partial charge in [-0.25, -0.2) is 17.6 Å². The molecule has 0 spiro atoms. The predicted molar refractivity (Wildman–Crippen MR) is 509 cm³/mol. The van der Waals surface area contributed by atoms with Gasteiger partial charge in [0.05, 0.1) is 78.0 Å². The van der Waals surface area contributed by atoms with Gasteiger partial charge in [0.25, 0.3) is 0 Å². The van der Waals surface area contributed by atoms with Crippen LogP contribution in [0.25, 0.3) is 199 Å². The Morgan fingerprint density at radius 1 is 0.206 bits per heavy atom. The highest BCUT2D eigenvalue weighted by molar-refractivity contribution is 6.16. The van der Waals surface area contributed by atoms with Crippen molar-refractivity contribution in [2.75, 3.05) is 0 Å². The van der Waals surface area contributed by atoms with E-state index in [1.165, 1.54) is 30.3 Å². The van der Waals surface area contributed by atoms with Crippen molar-refractivity contribution in [2.45, 2.75) is 41.0 Å². The standard InChI is InChI=1S/C116H76F4N6/c1-68-17-29-75(30-18-68)81-45-51-105-95(56-81)89-11-6-8-15-103(89)123(105)111-64-88(65-112(97(111)66-121)124-104-16-9-7-12-90(104)96-57-82(46-52-106(96)124)76-31-19-69(2)20-32-76)116-101(119)54-74(55-102(116)120)53-73-27-39-80(40-28-73)86-44-50-94-93-49-43-85(79-37-25-72(5)26-38-79)60-109(93)126(110(94)61-86)114-63-87(115-99(117)13-10-14-100(115)118)62-113(98(114)67-122)125-107-58-83(77-33-21-70(3)22-34-77)41-47-91(107)92-48-42-84(59-108(92)125)78-35-23-71(4)24-36-78/h6-52,54-65H,53H2,1-5H3. The summed E-state index contributed by atoms with van der Waals surface area (Å²) in [7, 11) is 0. The normalized spacial score (nSPS) is 11.7. The summed E-state index contributed by atoms with van der Waals surface area (Å²) in [5.74, 6) is -3.05. The second-order valence-corrected chi connectivity index (χ2v) is 33.5. The summed E-state index contributed by atoms with van der Waals surface area (Å²) < 4.78 is 78.5. The minimum atomic E-state index is -0.765. The third-order valence-electron chi connectivity index (χ3n) is 25.5. The molecule has 0 radical (unpaired) electrons. The number of fused-ring (bicyclic) bond motifs is 12. The molecule has 22 rings (SSSR count). The van der Waals surface area contributed by atoms with Gasteiger partial charge in [-0.1, -0.05) is 277 Å². The third-order valence-corrected chi connectivity index (χ3v) is 25.5. The van der Waals surface area contributed by atoms with Crippen LogP contribution < -0.4 is 0 Å². The van der Waals surface area contributed by atoms with Crippen molar-refractivity contribution in [3.8, 4) is 124 Å². The van der Waals surface area contributed by atoms with Crippen molar-refractivity contribution < 1.29 is 17.6 Å². The van der Waals surface area contributed by atoms with Gasteiger partial charge in [0.2, 0.25) is 0 Å². The van der Waals surface area contributed by atoms with Crippen molar-refractivity contribution in [2.24, 2.45) is 0 Å². The fourth-order valence-corrected chi connectivity index (χ4v) is 19.1. The van der Waals surface area contributed by atoms with Crippen LogP contribution in [0.3, 0.4) is 0 Å². The van der Waals surface area contributed by atoms with Gasteiger partial charge in [0.15, 0.2) is 0 Å². The highest BCUT2D eigenvalue weighted by Gasteiger charge is 2.29. The van der Waals surface area contributed by atoms with Gasteiger partial charge in [0, 0.05) is 43.1 Å². The summed E-state index contributed by atoms with van der Waals surface area (Å²) >= 11 is 0. The largest absolute Gasteiger partial charge is 0.308 e. The van der Waals surface area contributed by atoms with Gasteiger partial charge in [-0.05, 0) is 239 Å². The maximum Gasteiger partial charge on any atom is 0.134 e. The van der Waals surface area contributed by atoms with E-state index in [4.69, 9.17) is 0 Å². The van der Waals surface area contributed by atoms with Crippen molar-refractivity contribution in [1.82, 2.24) is 18.3 Å². The second-order valence-electron chi connectivity index (χ2n) is 33.5. The first-order valence-corrected chi connectivity index (χ1v) is 42.3. The summed E-state index contributed by atoms with van der Waals surface area (Å²) in [6, 6.07) is 123. The molecule has 0 bridgehead atoms. The summed E-state index contributed by atoms with van der Waals surface area (Å²) in [5.41, 5.74) is 27.2. The Kier molecular flexibility index (Phi) is 18.2. The molecule has 18 aromatic carbocycles. The molecule has 0 aliphatic heterocycles. The minimum Gasteiger partial charge on any atom is -0.308 e. The number of aryl methyl sites for hydroxylation is 5. The topological polar surface area (TPSA) is 67.3 Å². The molecule has 0 N–H and O–H groups in total. The fraction of sp³-hybridized carbons (Fsp3) is 0.0517. The van der Waals surface area contributed by atoms with E-state index in [9.17, 15) is 10.5 Å². The summed E-state index contributed by atoms with van der Waals surface area (Å²) in [5, 5.41) is 31.6. The number of nitrogens with zero attached hydrogens (tertiary/aromatic N) is 6. The molecule has 0 fully saturated rings. The van der Waals surface area contributed by atoms with Crippen LogP contribution in [0.2, 0.25) is 0 Å². The number of nitriles is 2. The Bertz CT molecular complexity index is 8050. The average molecular weight is 1630 g/mol. The predicted octanol–water partition coefficient (Wildman–Crippen LogP) is 30.8. The van der Waals surface area contributed by atoms with E-state index in [1.54, 1.807) is 24.3 Å². The summed E-state index contributed by atoms with van der Waals surface area (Å²) in [6.45, 7) is 10.3. The molecular formula is C116H76F4N6. The molecule has 126 heavy (non-hydrogen) atoms. The summed E-state index contributed by atoms with van der Waals surface area (Å²) in [6.07, 6.45) is 0.178. The lowest BCUT2D eigenvalue weighted by atomic mass is 9.95. The second kappa shape index (κ2) is 30.2. The molecule has 598 valence electrons. The molecule has 0 atom stereocenters. The van der Waals surface area contributed by atoms with Gasteiger partial charge < -0.3 is 18.3 Å². The molecule has 10 heteroatoms. The van der Waals surface area contributed by atoms with Gasteiger partial charge in [-0.2, -0.15) is 10.5 Å². The third kappa shape index (κ3) is 12.8. The smallest absolute Gasteiger partial charge is 0.134 e. The van der Waals surface area contributed by atoms with Gasteiger partial charge in [-0.3, -0.25) is 0 Å². The number of rotatable bonds is 14. The molecule has 6 nitrogen and oxygen atoms in total. The minimum absolute atomic E-state index is 0.178. The zero-order valence-electron chi connectivity index (χ0n) is 69.5. The average Bonchev–Trinajstić information content (AvgIpc) is 1.65. The quantitative estimate of drug-likeness (QED) is 0.102. The SMILES string of the molecule is Cc1ccc(-c2ccc3c(c2)c2ccccc2n3-c2cc(-c3c(F)cc(Cc4ccc(-c5ccc6c7ccc(-c8ccc(C)cc8)cc7n(-c7cc(-c8c(F)cccc8F)cc(-n8c9cc(-c%10ccc(C)cc%10)ccc9c9ccc(-c%10ccc(C)cc%10)cc98)c7C#N)c6c5)cc4)cc3F)cc(-n3c4ccccc4c4cc(-c5ccc(C)cc5)ccc43)c2C#N)cc1. The first kappa shape index (κ1) is 76.0. The van der Waals surface area contributed by atoms with E-state index in [1.807, 2.05) is 60.7 Å². The van der Waals surface area contributed by atoms with Crippen LogP contribution in [0.5, 0.6) is 0 Å². The molecule has 4 heterocycles. The maximum atomic E-state index is 18.1. The van der Waals surface area contributed by atoms with Crippen LogP contribution in [0.15, 0.2) is 358 Å². The molecular weight excluding hydrogens is 1550 g/mol. The Balaban J connectivity index is 0.686. The lowest BCUT2D eigenvalue weighted by Gasteiger charge is -2.19. The lowest BCUT2D eigenvalue weighted by molar-refractivity contribution is 0.586. The molecule has 0 amide bonds. The van der Waals surface area contributed by atoms with Crippen molar-refractivity contribution in [1.29, 1.82) is 10.5 Å². The number of halogens is 4. The van der Waals surface area contributed by atoms with E-state index < -0.39 is 23.3 Å². The van der Waals surface area contributed by atoms with Crippen LogP contribution in [0.4, 0.5) is 17.6 Å². The highest BCUT2D eigenvalue weighted by Crippen LogP contribution is 2.48. The van der Waals surface area contributed by atoms with Crippen molar-refractivity contribution in [3.05, 3.63) is 431 Å². The van der Waals surface area contributed by atoms with E-state index in [-0.39, 0.29) is 34.2 Å². The molecule has 0 aliphatic rings. The van der Waals surface area contributed by atoms with Crippen LogP contribution in [-0.4, -0.2) is 18.3 Å². The number of para-hydroxylation sites is 2. The fourth-order valence-electron chi connectivity index (χ4n) is 19.1. The van der Waals surface area contributed by atoms with E-state index in [2.05, 4.69) is 308 Å². The van der Waals surface area contributed by atoms with Gasteiger partial charge in [0.1, 0.15) is 46.5 Å². The van der Waals surface area contributed by atoms with Crippen LogP contribution >= 0.6 is 0 Å². The first-order chi connectivity index (χ1) is 61.5. The zero-order valence-corrected chi connectivity index (χ0v) is 69.5. The van der Waals surface area contributed by atoms with E-state index in [0.29, 0.717) is 33.9 Å². The molecule has 22 aromatic rings. The Hall–Kier alpha value is -16.1. The van der Waals surface area contributed by atoms with Crippen molar-refractivity contribution in [3.63, 3.8) is 0 Å². The highest BCUT2D eigenvalue weighted by atomic mass is 19.1. The van der Waals surface area contributed by atoms with Crippen LogP contribution in [0.1, 0.15) is 50.1 Å². The van der Waals surface area contributed by atoms with Crippen LogP contribution in [-0.2, 0) is 6.42 Å². The van der Waals surface area contributed by atoms with Gasteiger partial charge >= 0.3 is 0 Å². The number of aromatic nitrogens is 4. The van der Waals surface area contributed by atoms with E-state index >= 15 is 17.6 Å². The molecule has 4 aromatic heterocycles. The van der Waals surface area contributed by atoms with Crippen molar-refractivity contribution >= 4 is 87.2 Å². The summed E-state index contributed by atoms with van der Waals surface area (Å²) in [4.78, 5) is 0. The Morgan fingerprint density at radius 2 is 0.460 bits per heavy atom. The number of hydrogen-bond donors (Lipinski definition) is 0. The first-order valence-electron chi connectivity index (χ1n) is 42.3. The molecule has 0 saturated heterocycles. The number of benzene rings is 18. The monoisotopic (exact) mass is 1630 g/mol.